The lowest BCUT2D eigenvalue weighted by molar-refractivity contribution is -0.145. The van der Waals surface area contributed by atoms with Crippen molar-refractivity contribution >= 4 is 17.6 Å². The molecule has 3 N–H and O–H groups in total. The van der Waals surface area contributed by atoms with E-state index in [4.69, 9.17) is 19.9 Å². The highest BCUT2D eigenvalue weighted by molar-refractivity contribution is 5.95. The molecule has 0 aromatic heterocycles. The van der Waals surface area contributed by atoms with Crippen LogP contribution in [0.1, 0.15) is 19.8 Å². The van der Waals surface area contributed by atoms with Crippen molar-refractivity contribution in [3.05, 3.63) is 24.3 Å². The maximum Gasteiger partial charge on any atom is 0.344 e. The first-order valence-corrected chi connectivity index (χ1v) is 8.13. The normalized spacial score (nSPS) is 16.2. The lowest BCUT2D eigenvalue weighted by atomic mass is 9.92. The summed E-state index contributed by atoms with van der Waals surface area (Å²) in [6.45, 7) is 3.15. The molecule has 0 saturated carbocycles. The van der Waals surface area contributed by atoms with Gasteiger partial charge in [-0.2, -0.15) is 0 Å². The van der Waals surface area contributed by atoms with E-state index in [0.717, 1.165) is 12.8 Å². The molecule has 1 saturated heterocycles. The molecule has 7 nitrogen and oxygen atoms in total. The topological polar surface area (TPSA) is 99.9 Å². The van der Waals surface area contributed by atoms with Crippen molar-refractivity contribution in [3.8, 4) is 5.75 Å². The predicted molar refractivity (Wildman–Crippen MR) is 88.7 cm³/mol. The second kappa shape index (κ2) is 9.24. The maximum atomic E-state index is 12.3. The van der Waals surface area contributed by atoms with Crippen LogP contribution in [0.5, 0.6) is 5.75 Å². The fourth-order valence-corrected chi connectivity index (χ4v) is 2.52. The first-order chi connectivity index (χ1) is 11.6. The quantitative estimate of drug-likeness (QED) is 0.729. The van der Waals surface area contributed by atoms with Gasteiger partial charge in [-0.05, 0) is 37.8 Å². The van der Waals surface area contributed by atoms with Crippen LogP contribution in [-0.4, -0.2) is 44.3 Å². The van der Waals surface area contributed by atoms with E-state index in [2.05, 4.69) is 5.32 Å². The third kappa shape index (κ3) is 5.50. The number of hydrogen-bond acceptors (Lipinski definition) is 6. The van der Waals surface area contributed by atoms with Crippen LogP contribution in [0.2, 0.25) is 0 Å². The fraction of sp³-hybridized carbons (Fsp3) is 0.529. The molecular formula is C17H24N2O5. The number of nitrogens with two attached hydrogens (primary N) is 1. The second-order valence-corrected chi connectivity index (χ2v) is 5.59. The molecule has 0 bridgehead atoms. The summed E-state index contributed by atoms with van der Waals surface area (Å²) < 4.78 is 15.4. The summed E-state index contributed by atoms with van der Waals surface area (Å²) in [7, 11) is 0. The fourth-order valence-electron chi connectivity index (χ4n) is 2.52. The highest BCUT2D eigenvalue weighted by Gasteiger charge is 2.26. The van der Waals surface area contributed by atoms with Crippen LogP contribution in [-0.2, 0) is 19.1 Å². The van der Waals surface area contributed by atoms with Crippen LogP contribution in [0, 0.1) is 5.92 Å². The zero-order chi connectivity index (χ0) is 17.4. The van der Waals surface area contributed by atoms with E-state index in [9.17, 15) is 9.59 Å². The standard InChI is InChI=1S/C17H24N2O5/c1-2-23-15(20)11-24-14-5-3-4-13(10-14)19-17(21)16(18)12-6-8-22-9-7-12/h3-5,10,12,16H,2,6-9,11,18H2,1H3,(H,19,21). The number of carbonyl (C=O) groups excluding carboxylic acids is 2. The highest BCUT2D eigenvalue weighted by Crippen LogP contribution is 2.21. The van der Waals surface area contributed by atoms with Crippen LogP contribution in [0.25, 0.3) is 0 Å². The number of anilines is 1. The lowest BCUT2D eigenvalue weighted by Gasteiger charge is -2.26. The Hall–Kier alpha value is -2.12. The Balaban J connectivity index is 1.88. The van der Waals surface area contributed by atoms with Gasteiger partial charge in [0.15, 0.2) is 6.61 Å². The number of nitrogens with one attached hydrogen (secondary N) is 1. The van der Waals surface area contributed by atoms with E-state index >= 15 is 0 Å². The number of amides is 1. The lowest BCUT2D eigenvalue weighted by Crippen LogP contribution is -2.44. The van der Waals surface area contributed by atoms with Crippen molar-refractivity contribution in [1.29, 1.82) is 0 Å². The molecule has 1 unspecified atom stereocenters. The van der Waals surface area contributed by atoms with E-state index < -0.39 is 12.0 Å². The van der Waals surface area contributed by atoms with E-state index in [1.165, 1.54) is 0 Å². The summed E-state index contributed by atoms with van der Waals surface area (Å²) in [5, 5.41) is 2.79. The molecule has 0 radical (unpaired) electrons. The summed E-state index contributed by atoms with van der Waals surface area (Å²) in [5.41, 5.74) is 6.62. The highest BCUT2D eigenvalue weighted by atomic mass is 16.6. The molecule has 0 spiro atoms. The van der Waals surface area contributed by atoms with Crippen molar-refractivity contribution < 1.29 is 23.8 Å². The van der Waals surface area contributed by atoms with E-state index in [-0.39, 0.29) is 18.4 Å². The average Bonchev–Trinajstić information content (AvgIpc) is 2.60. The minimum absolute atomic E-state index is 0.127. The van der Waals surface area contributed by atoms with Crippen molar-refractivity contribution in [3.63, 3.8) is 0 Å². The zero-order valence-corrected chi connectivity index (χ0v) is 13.8. The van der Waals surface area contributed by atoms with Crippen LogP contribution in [0.4, 0.5) is 5.69 Å². The number of carbonyl (C=O) groups is 2. The number of esters is 1. The molecule has 2 rings (SSSR count). The number of rotatable bonds is 7. The Kier molecular flexibility index (Phi) is 7.02. The van der Waals surface area contributed by atoms with Gasteiger partial charge in [0.1, 0.15) is 5.75 Å². The SMILES string of the molecule is CCOC(=O)COc1cccc(NC(=O)C(N)C2CCOCC2)c1. The van der Waals surface area contributed by atoms with Gasteiger partial charge in [-0.25, -0.2) is 4.79 Å². The van der Waals surface area contributed by atoms with E-state index in [1.807, 2.05) is 0 Å². The third-order valence-corrected chi connectivity index (χ3v) is 3.84. The summed E-state index contributed by atoms with van der Waals surface area (Å²) in [6, 6.07) is 6.25. The van der Waals surface area contributed by atoms with Gasteiger partial charge >= 0.3 is 5.97 Å². The molecule has 7 heteroatoms. The maximum absolute atomic E-state index is 12.3. The van der Waals surface area contributed by atoms with Crippen molar-refractivity contribution in [2.24, 2.45) is 11.7 Å². The molecule has 0 aliphatic carbocycles. The van der Waals surface area contributed by atoms with Crippen molar-refractivity contribution in [2.45, 2.75) is 25.8 Å². The van der Waals surface area contributed by atoms with E-state index in [1.54, 1.807) is 31.2 Å². The van der Waals surface area contributed by atoms with Gasteiger partial charge in [-0.3, -0.25) is 4.79 Å². The molecule has 1 atom stereocenters. The Bertz CT molecular complexity index is 558. The molecule has 1 fully saturated rings. The largest absolute Gasteiger partial charge is 0.482 e. The molecular weight excluding hydrogens is 312 g/mol. The molecule has 1 aromatic carbocycles. The average molecular weight is 336 g/mol. The van der Waals surface area contributed by atoms with Crippen LogP contribution < -0.4 is 15.8 Å². The van der Waals surface area contributed by atoms with Crippen molar-refractivity contribution in [1.82, 2.24) is 0 Å². The predicted octanol–water partition coefficient (Wildman–Crippen LogP) is 1.32. The van der Waals surface area contributed by atoms with Gasteiger partial charge in [-0.1, -0.05) is 6.07 Å². The molecule has 1 aliphatic rings. The second-order valence-electron chi connectivity index (χ2n) is 5.59. The molecule has 1 heterocycles. The van der Waals surface area contributed by atoms with Gasteiger partial charge in [0, 0.05) is 25.0 Å². The number of ether oxygens (including phenoxy) is 3. The molecule has 1 aliphatic heterocycles. The van der Waals surface area contributed by atoms with Gasteiger partial charge in [0.2, 0.25) is 5.91 Å². The monoisotopic (exact) mass is 336 g/mol. The number of benzene rings is 1. The minimum Gasteiger partial charge on any atom is -0.482 e. The summed E-state index contributed by atoms with van der Waals surface area (Å²) in [5.74, 6) is -0.0691. The minimum atomic E-state index is -0.571. The van der Waals surface area contributed by atoms with Crippen molar-refractivity contribution in [2.75, 3.05) is 31.7 Å². The molecule has 132 valence electrons. The number of hydrogen-bond donors (Lipinski definition) is 2. The Morgan fingerprint density at radius 2 is 2.12 bits per heavy atom. The summed E-state index contributed by atoms with van der Waals surface area (Å²) in [6.07, 6.45) is 1.58. The molecule has 24 heavy (non-hydrogen) atoms. The summed E-state index contributed by atoms with van der Waals surface area (Å²) >= 11 is 0. The molecule has 1 aromatic rings. The van der Waals surface area contributed by atoms with Crippen LogP contribution in [0.3, 0.4) is 0 Å². The first kappa shape index (κ1) is 18.2. The Morgan fingerprint density at radius 3 is 2.83 bits per heavy atom. The van der Waals surface area contributed by atoms with Gasteiger partial charge < -0.3 is 25.3 Å². The third-order valence-electron chi connectivity index (χ3n) is 3.84. The Morgan fingerprint density at radius 1 is 1.38 bits per heavy atom. The zero-order valence-electron chi connectivity index (χ0n) is 13.8. The van der Waals surface area contributed by atoms with Crippen LogP contribution in [0.15, 0.2) is 24.3 Å². The van der Waals surface area contributed by atoms with Crippen LogP contribution >= 0.6 is 0 Å². The van der Waals surface area contributed by atoms with E-state index in [0.29, 0.717) is 31.3 Å². The van der Waals surface area contributed by atoms with Gasteiger partial charge in [0.05, 0.1) is 12.6 Å². The summed E-state index contributed by atoms with van der Waals surface area (Å²) in [4.78, 5) is 23.6. The van der Waals surface area contributed by atoms with Gasteiger partial charge in [0.25, 0.3) is 0 Å². The first-order valence-electron chi connectivity index (χ1n) is 8.13. The van der Waals surface area contributed by atoms with Gasteiger partial charge in [-0.15, -0.1) is 0 Å². The smallest absolute Gasteiger partial charge is 0.344 e. The Labute approximate surface area is 141 Å². The molecule has 1 amide bonds.